The van der Waals surface area contributed by atoms with E-state index in [-0.39, 0.29) is 5.91 Å². The minimum absolute atomic E-state index is 0.226. The largest absolute Gasteiger partial charge is 0.458 e. The lowest BCUT2D eigenvalue weighted by Crippen LogP contribution is -2.52. The number of fused-ring (bicyclic) bond motifs is 1. The summed E-state index contributed by atoms with van der Waals surface area (Å²) in [6, 6.07) is 6.37. The Hall–Kier alpha value is -1.88. The van der Waals surface area contributed by atoms with Crippen molar-refractivity contribution in [1.29, 1.82) is 0 Å². The molecule has 0 radical (unpaired) electrons. The van der Waals surface area contributed by atoms with E-state index in [1.165, 1.54) is 4.90 Å². The molecule has 0 aromatic heterocycles. The first kappa shape index (κ1) is 17.5. The summed E-state index contributed by atoms with van der Waals surface area (Å²) in [5, 5.41) is 0. The Kier molecular flexibility index (Phi) is 5.09. The molecule has 5 heteroatoms. The van der Waals surface area contributed by atoms with Crippen LogP contribution in [0.3, 0.4) is 0 Å². The van der Waals surface area contributed by atoms with Crippen molar-refractivity contribution in [3.63, 3.8) is 0 Å². The van der Waals surface area contributed by atoms with E-state index in [1.807, 2.05) is 45.0 Å². The Morgan fingerprint density at radius 2 is 2.00 bits per heavy atom. The number of rotatable bonds is 2. The van der Waals surface area contributed by atoms with Crippen LogP contribution in [0.4, 0.5) is 5.69 Å². The van der Waals surface area contributed by atoms with Gasteiger partial charge in [-0.25, -0.2) is 4.79 Å². The number of nitrogens with two attached hydrogens (primary N) is 1. The molecule has 0 bridgehead atoms. The SMILES string of the molecule is CC(C(=O)OC(C)(C)C)N1C(=O)C(N)CCCc2ccccc21. The first-order valence-corrected chi connectivity index (χ1v) is 8.10. The van der Waals surface area contributed by atoms with Gasteiger partial charge in [0.15, 0.2) is 0 Å². The molecular weight excluding hydrogens is 292 g/mol. The van der Waals surface area contributed by atoms with E-state index >= 15 is 0 Å². The van der Waals surface area contributed by atoms with Gasteiger partial charge in [0.05, 0.1) is 6.04 Å². The van der Waals surface area contributed by atoms with E-state index in [0.717, 1.165) is 24.1 Å². The van der Waals surface area contributed by atoms with Crippen molar-refractivity contribution in [1.82, 2.24) is 0 Å². The molecule has 0 saturated carbocycles. The van der Waals surface area contributed by atoms with Crippen LogP contribution >= 0.6 is 0 Å². The lowest BCUT2D eigenvalue weighted by molar-refractivity contribution is -0.156. The van der Waals surface area contributed by atoms with Crippen molar-refractivity contribution >= 4 is 17.6 Å². The lowest BCUT2D eigenvalue weighted by Gasteiger charge is -2.34. The van der Waals surface area contributed by atoms with Crippen LogP contribution in [0.25, 0.3) is 0 Å². The molecule has 0 fully saturated rings. The molecule has 23 heavy (non-hydrogen) atoms. The Morgan fingerprint density at radius 3 is 2.65 bits per heavy atom. The highest BCUT2D eigenvalue weighted by Crippen LogP contribution is 2.28. The van der Waals surface area contributed by atoms with Gasteiger partial charge >= 0.3 is 5.97 Å². The van der Waals surface area contributed by atoms with Gasteiger partial charge in [-0.2, -0.15) is 0 Å². The first-order valence-electron chi connectivity index (χ1n) is 8.10. The van der Waals surface area contributed by atoms with Crippen molar-refractivity contribution in [3.8, 4) is 0 Å². The predicted octanol–water partition coefficient (Wildman–Crippen LogP) is 2.41. The van der Waals surface area contributed by atoms with Crippen LogP contribution in [0.2, 0.25) is 0 Å². The van der Waals surface area contributed by atoms with Gasteiger partial charge in [-0.05, 0) is 58.6 Å². The molecular formula is C18H26N2O3. The molecule has 0 spiro atoms. The number of amides is 1. The third-order valence-corrected chi connectivity index (χ3v) is 3.90. The maximum Gasteiger partial charge on any atom is 0.329 e. The normalized spacial score (nSPS) is 20.3. The number of nitrogens with zero attached hydrogens (tertiary/aromatic N) is 1. The van der Waals surface area contributed by atoms with E-state index in [2.05, 4.69) is 0 Å². The zero-order valence-corrected chi connectivity index (χ0v) is 14.3. The quantitative estimate of drug-likeness (QED) is 0.850. The number of aryl methyl sites for hydroxylation is 1. The zero-order chi connectivity index (χ0) is 17.2. The molecule has 5 nitrogen and oxygen atoms in total. The molecule has 1 aromatic rings. The van der Waals surface area contributed by atoms with Crippen LogP contribution in [0.15, 0.2) is 24.3 Å². The van der Waals surface area contributed by atoms with Crippen molar-refractivity contribution < 1.29 is 14.3 Å². The average molecular weight is 318 g/mol. The number of carbonyl (C=O) groups excluding carboxylic acids is 2. The van der Waals surface area contributed by atoms with Gasteiger partial charge in [-0.1, -0.05) is 18.2 Å². The highest BCUT2D eigenvalue weighted by atomic mass is 16.6. The molecule has 1 heterocycles. The Labute approximate surface area is 137 Å². The minimum atomic E-state index is -0.716. The number of carbonyl (C=O) groups is 2. The van der Waals surface area contributed by atoms with E-state index in [9.17, 15) is 9.59 Å². The molecule has 2 rings (SSSR count). The first-order chi connectivity index (χ1) is 10.7. The Bertz CT molecular complexity index is 592. The fraction of sp³-hybridized carbons (Fsp3) is 0.556. The summed E-state index contributed by atoms with van der Waals surface area (Å²) in [5.41, 5.74) is 7.23. The van der Waals surface area contributed by atoms with E-state index in [1.54, 1.807) is 6.92 Å². The molecule has 2 unspecified atom stereocenters. The van der Waals surface area contributed by atoms with Crippen molar-refractivity contribution in [3.05, 3.63) is 29.8 Å². The number of hydrogen-bond acceptors (Lipinski definition) is 4. The molecule has 1 amide bonds. The molecule has 2 atom stereocenters. The summed E-state index contributed by atoms with van der Waals surface area (Å²) in [5.74, 6) is -0.649. The maximum atomic E-state index is 12.8. The summed E-state index contributed by atoms with van der Waals surface area (Å²) < 4.78 is 5.45. The van der Waals surface area contributed by atoms with Crippen molar-refractivity contribution in [2.24, 2.45) is 5.73 Å². The third kappa shape index (κ3) is 4.10. The summed E-state index contributed by atoms with van der Waals surface area (Å²) >= 11 is 0. The summed E-state index contributed by atoms with van der Waals surface area (Å²) in [4.78, 5) is 26.7. The standard InChI is InChI=1S/C18H26N2O3/c1-12(17(22)23-18(2,3)4)20-15-11-6-5-8-13(15)9-7-10-14(19)16(20)21/h5-6,8,11-12,14H,7,9-10,19H2,1-4H3. The number of benzene rings is 1. The molecule has 1 aromatic carbocycles. The number of hydrogen-bond donors (Lipinski definition) is 1. The number of esters is 1. The second-order valence-electron chi connectivity index (χ2n) is 7.05. The average Bonchev–Trinajstić information content (AvgIpc) is 2.45. The van der Waals surface area contributed by atoms with Crippen LogP contribution in [-0.4, -0.2) is 29.6 Å². The van der Waals surface area contributed by atoms with Crippen molar-refractivity contribution in [2.45, 2.75) is 64.6 Å². The smallest absolute Gasteiger partial charge is 0.329 e. The number of ether oxygens (including phenoxy) is 1. The van der Waals surface area contributed by atoms with Crippen molar-refractivity contribution in [2.75, 3.05) is 4.90 Å². The molecule has 126 valence electrons. The monoisotopic (exact) mass is 318 g/mol. The Morgan fingerprint density at radius 1 is 1.35 bits per heavy atom. The second-order valence-corrected chi connectivity index (χ2v) is 7.05. The third-order valence-electron chi connectivity index (χ3n) is 3.90. The number of anilines is 1. The highest BCUT2D eigenvalue weighted by molar-refractivity contribution is 6.02. The summed E-state index contributed by atoms with van der Waals surface area (Å²) in [7, 11) is 0. The van der Waals surface area contributed by atoms with Gasteiger partial charge in [-0.3, -0.25) is 9.69 Å². The van der Waals surface area contributed by atoms with E-state index in [0.29, 0.717) is 6.42 Å². The van der Waals surface area contributed by atoms with Crippen LogP contribution in [0.5, 0.6) is 0 Å². The molecule has 2 N–H and O–H groups in total. The molecule has 1 aliphatic heterocycles. The topological polar surface area (TPSA) is 72.6 Å². The van der Waals surface area contributed by atoms with Gasteiger partial charge in [-0.15, -0.1) is 0 Å². The summed E-state index contributed by atoms with van der Waals surface area (Å²) in [6.07, 6.45) is 2.32. The van der Waals surface area contributed by atoms with Gasteiger partial charge < -0.3 is 10.5 Å². The lowest BCUT2D eigenvalue weighted by atomic mass is 9.97. The fourth-order valence-electron chi connectivity index (χ4n) is 2.78. The Balaban J connectivity index is 2.39. The molecule has 1 aliphatic rings. The zero-order valence-electron chi connectivity index (χ0n) is 14.3. The maximum absolute atomic E-state index is 12.8. The molecule has 0 aliphatic carbocycles. The van der Waals surface area contributed by atoms with Crippen LogP contribution in [0, 0.1) is 0 Å². The van der Waals surface area contributed by atoms with Gasteiger partial charge in [0.2, 0.25) is 5.91 Å². The second kappa shape index (κ2) is 6.71. The van der Waals surface area contributed by atoms with Crippen LogP contribution in [0.1, 0.15) is 46.1 Å². The van der Waals surface area contributed by atoms with Crippen LogP contribution in [-0.2, 0) is 20.7 Å². The van der Waals surface area contributed by atoms with Gasteiger partial charge in [0.1, 0.15) is 11.6 Å². The fourth-order valence-corrected chi connectivity index (χ4v) is 2.78. The van der Waals surface area contributed by atoms with Gasteiger partial charge in [0, 0.05) is 5.69 Å². The summed E-state index contributed by atoms with van der Waals surface area (Å²) in [6.45, 7) is 7.13. The minimum Gasteiger partial charge on any atom is -0.458 e. The van der Waals surface area contributed by atoms with E-state index < -0.39 is 23.7 Å². The predicted molar refractivity (Wildman–Crippen MR) is 90.1 cm³/mol. The van der Waals surface area contributed by atoms with E-state index in [4.69, 9.17) is 10.5 Å². The number of para-hydroxylation sites is 1. The highest BCUT2D eigenvalue weighted by Gasteiger charge is 2.35. The van der Waals surface area contributed by atoms with Gasteiger partial charge in [0.25, 0.3) is 0 Å². The van der Waals surface area contributed by atoms with Crippen LogP contribution < -0.4 is 10.6 Å². The molecule has 0 saturated heterocycles.